The number of phenolic OH excluding ortho intramolecular Hbond substituents is 1. The third-order valence-corrected chi connectivity index (χ3v) is 2.98. The van der Waals surface area contributed by atoms with E-state index in [4.69, 9.17) is 0 Å². The number of hydrogen-bond donors (Lipinski definition) is 3. The molecular formula is C13H17N3O3. The Morgan fingerprint density at radius 1 is 1.32 bits per heavy atom. The van der Waals surface area contributed by atoms with Crippen molar-refractivity contribution in [1.82, 2.24) is 15.5 Å². The molecule has 102 valence electrons. The summed E-state index contributed by atoms with van der Waals surface area (Å²) in [4.78, 5) is 25.3. The van der Waals surface area contributed by atoms with Crippen molar-refractivity contribution in [2.45, 2.75) is 0 Å². The monoisotopic (exact) mass is 263 g/mol. The van der Waals surface area contributed by atoms with Gasteiger partial charge in [-0.3, -0.25) is 9.59 Å². The van der Waals surface area contributed by atoms with Crippen LogP contribution in [0, 0.1) is 0 Å². The van der Waals surface area contributed by atoms with E-state index < -0.39 is 0 Å². The largest absolute Gasteiger partial charge is 0.508 e. The van der Waals surface area contributed by atoms with Crippen molar-refractivity contribution in [1.29, 1.82) is 0 Å². The maximum Gasteiger partial charge on any atom is 0.251 e. The second kappa shape index (κ2) is 6.19. The highest BCUT2D eigenvalue weighted by molar-refractivity contribution is 5.96. The quantitative estimate of drug-likeness (QED) is 0.690. The average Bonchev–Trinajstić information content (AvgIpc) is 2.45. The zero-order valence-corrected chi connectivity index (χ0v) is 10.6. The Morgan fingerprint density at radius 2 is 2.05 bits per heavy atom. The van der Waals surface area contributed by atoms with Crippen molar-refractivity contribution in [3.05, 3.63) is 29.8 Å². The maximum atomic E-state index is 11.8. The van der Waals surface area contributed by atoms with Gasteiger partial charge in [-0.15, -0.1) is 0 Å². The second-order valence-electron chi connectivity index (χ2n) is 4.36. The lowest BCUT2D eigenvalue weighted by molar-refractivity contribution is -0.130. The molecule has 0 radical (unpaired) electrons. The minimum Gasteiger partial charge on any atom is -0.508 e. The Hall–Kier alpha value is -2.08. The SMILES string of the molecule is O=C(NCC(=O)N1CCNCC1)c1cccc(O)c1. The molecule has 0 spiro atoms. The van der Waals surface area contributed by atoms with Crippen LogP contribution in [0.5, 0.6) is 5.75 Å². The summed E-state index contributed by atoms with van der Waals surface area (Å²) in [5.41, 5.74) is 0.341. The average molecular weight is 263 g/mol. The van der Waals surface area contributed by atoms with Crippen LogP contribution in [0.2, 0.25) is 0 Å². The summed E-state index contributed by atoms with van der Waals surface area (Å²) in [6.45, 7) is 2.88. The normalized spacial score (nSPS) is 15.1. The van der Waals surface area contributed by atoms with Crippen LogP contribution in [0.25, 0.3) is 0 Å². The van der Waals surface area contributed by atoms with E-state index in [0.29, 0.717) is 18.7 Å². The van der Waals surface area contributed by atoms with Crippen molar-refractivity contribution >= 4 is 11.8 Å². The van der Waals surface area contributed by atoms with E-state index in [0.717, 1.165) is 13.1 Å². The highest BCUT2D eigenvalue weighted by Gasteiger charge is 2.16. The third kappa shape index (κ3) is 3.69. The lowest BCUT2D eigenvalue weighted by atomic mass is 10.2. The highest BCUT2D eigenvalue weighted by atomic mass is 16.3. The Balaban J connectivity index is 1.84. The fraction of sp³-hybridized carbons (Fsp3) is 0.385. The zero-order chi connectivity index (χ0) is 13.7. The number of nitrogens with one attached hydrogen (secondary N) is 2. The third-order valence-electron chi connectivity index (χ3n) is 2.98. The van der Waals surface area contributed by atoms with Gasteiger partial charge in [-0.1, -0.05) is 6.07 Å². The Bertz CT molecular complexity index is 470. The first-order chi connectivity index (χ1) is 9.16. The van der Waals surface area contributed by atoms with Crippen LogP contribution < -0.4 is 10.6 Å². The van der Waals surface area contributed by atoms with Crippen LogP contribution in [0.4, 0.5) is 0 Å². The molecule has 1 aromatic rings. The van der Waals surface area contributed by atoms with Crippen molar-refractivity contribution < 1.29 is 14.7 Å². The first kappa shape index (κ1) is 13.4. The van der Waals surface area contributed by atoms with E-state index in [1.165, 1.54) is 12.1 Å². The second-order valence-corrected chi connectivity index (χ2v) is 4.36. The van der Waals surface area contributed by atoms with E-state index in [9.17, 15) is 14.7 Å². The molecule has 2 rings (SSSR count). The number of nitrogens with zero attached hydrogens (tertiary/aromatic N) is 1. The molecular weight excluding hydrogens is 246 g/mol. The molecule has 0 aliphatic carbocycles. The Kier molecular flexibility index (Phi) is 4.35. The molecule has 0 bridgehead atoms. The number of benzene rings is 1. The van der Waals surface area contributed by atoms with Crippen LogP contribution in [-0.4, -0.2) is 54.5 Å². The maximum absolute atomic E-state index is 11.8. The van der Waals surface area contributed by atoms with Gasteiger partial charge < -0.3 is 20.6 Å². The first-order valence-corrected chi connectivity index (χ1v) is 6.22. The number of aromatic hydroxyl groups is 1. The van der Waals surface area contributed by atoms with Gasteiger partial charge in [0, 0.05) is 31.7 Å². The highest BCUT2D eigenvalue weighted by Crippen LogP contribution is 2.10. The number of phenols is 1. The number of piperazine rings is 1. The summed E-state index contributed by atoms with van der Waals surface area (Å²) in [7, 11) is 0. The van der Waals surface area contributed by atoms with Crippen molar-refractivity contribution in [2.75, 3.05) is 32.7 Å². The van der Waals surface area contributed by atoms with Gasteiger partial charge in [0.25, 0.3) is 5.91 Å². The molecule has 0 aromatic heterocycles. The van der Waals surface area contributed by atoms with E-state index in [2.05, 4.69) is 10.6 Å². The molecule has 2 amide bonds. The Labute approximate surface area is 111 Å². The van der Waals surface area contributed by atoms with E-state index in [1.807, 2.05) is 0 Å². The predicted molar refractivity (Wildman–Crippen MR) is 69.9 cm³/mol. The van der Waals surface area contributed by atoms with Gasteiger partial charge >= 0.3 is 0 Å². The first-order valence-electron chi connectivity index (χ1n) is 6.22. The van der Waals surface area contributed by atoms with Gasteiger partial charge in [0.1, 0.15) is 5.75 Å². The van der Waals surface area contributed by atoms with Crippen LogP contribution in [0.3, 0.4) is 0 Å². The van der Waals surface area contributed by atoms with Gasteiger partial charge in [-0.05, 0) is 18.2 Å². The molecule has 1 aliphatic heterocycles. The van der Waals surface area contributed by atoms with E-state index in [-0.39, 0.29) is 24.1 Å². The molecule has 6 nitrogen and oxygen atoms in total. The molecule has 1 saturated heterocycles. The number of hydrogen-bond acceptors (Lipinski definition) is 4. The minimum atomic E-state index is -0.362. The molecule has 6 heteroatoms. The fourth-order valence-electron chi connectivity index (χ4n) is 1.93. The number of carbonyl (C=O) groups excluding carboxylic acids is 2. The lowest BCUT2D eigenvalue weighted by Gasteiger charge is -2.27. The van der Waals surface area contributed by atoms with Crippen LogP contribution in [0.1, 0.15) is 10.4 Å². The van der Waals surface area contributed by atoms with Gasteiger partial charge in [-0.25, -0.2) is 0 Å². The molecule has 1 aliphatic rings. The van der Waals surface area contributed by atoms with Gasteiger partial charge in [0.15, 0.2) is 0 Å². The molecule has 0 unspecified atom stereocenters. The van der Waals surface area contributed by atoms with Gasteiger partial charge in [-0.2, -0.15) is 0 Å². The topological polar surface area (TPSA) is 81.7 Å². The van der Waals surface area contributed by atoms with Crippen LogP contribution in [0.15, 0.2) is 24.3 Å². The summed E-state index contributed by atoms with van der Waals surface area (Å²) in [5.74, 6) is -0.421. The van der Waals surface area contributed by atoms with Crippen molar-refractivity contribution in [2.24, 2.45) is 0 Å². The summed E-state index contributed by atoms with van der Waals surface area (Å²) >= 11 is 0. The van der Waals surface area contributed by atoms with Crippen LogP contribution >= 0.6 is 0 Å². The number of carbonyl (C=O) groups is 2. The fourth-order valence-corrected chi connectivity index (χ4v) is 1.93. The lowest BCUT2D eigenvalue weighted by Crippen LogP contribution is -2.49. The van der Waals surface area contributed by atoms with E-state index in [1.54, 1.807) is 17.0 Å². The summed E-state index contributed by atoms with van der Waals surface area (Å²) in [5, 5.41) is 15.0. The summed E-state index contributed by atoms with van der Waals surface area (Å²) < 4.78 is 0. The Morgan fingerprint density at radius 3 is 2.74 bits per heavy atom. The molecule has 0 atom stereocenters. The van der Waals surface area contributed by atoms with Gasteiger partial charge in [0.2, 0.25) is 5.91 Å². The number of rotatable bonds is 3. The molecule has 1 aromatic carbocycles. The summed E-state index contributed by atoms with van der Waals surface area (Å²) in [6.07, 6.45) is 0. The molecule has 19 heavy (non-hydrogen) atoms. The van der Waals surface area contributed by atoms with E-state index >= 15 is 0 Å². The number of amides is 2. The standard InChI is InChI=1S/C13H17N3O3/c17-11-3-1-2-10(8-11)13(19)15-9-12(18)16-6-4-14-5-7-16/h1-3,8,14,17H,4-7,9H2,(H,15,19). The molecule has 1 fully saturated rings. The van der Waals surface area contributed by atoms with Crippen molar-refractivity contribution in [3.63, 3.8) is 0 Å². The van der Waals surface area contributed by atoms with Crippen molar-refractivity contribution in [3.8, 4) is 5.75 Å². The molecule has 3 N–H and O–H groups in total. The molecule has 1 heterocycles. The zero-order valence-electron chi connectivity index (χ0n) is 10.6. The summed E-state index contributed by atoms with van der Waals surface area (Å²) in [6, 6.07) is 6.03. The van der Waals surface area contributed by atoms with Gasteiger partial charge in [0.05, 0.1) is 6.54 Å². The minimum absolute atomic E-state index is 0.0194. The van der Waals surface area contributed by atoms with Crippen LogP contribution in [-0.2, 0) is 4.79 Å². The smallest absolute Gasteiger partial charge is 0.251 e. The predicted octanol–water partition coefficient (Wildman–Crippen LogP) is -0.446. The molecule has 0 saturated carbocycles.